The highest BCUT2D eigenvalue weighted by Gasteiger charge is 2.29. The largest absolute Gasteiger partial charge is 0.383 e. The number of hydrogen-bond acceptors (Lipinski definition) is 4. The van der Waals surface area contributed by atoms with Gasteiger partial charge in [0.25, 0.3) is 0 Å². The van der Waals surface area contributed by atoms with Crippen molar-refractivity contribution in [2.75, 3.05) is 12.8 Å². The SMILES string of the molecule is CCC(C)(OC)c1nc(N)c(Br)c(-c2ccccc2)n1. The average Bonchev–Trinajstić information content (AvgIpc) is 2.50. The van der Waals surface area contributed by atoms with E-state index in [0.717, 1.165) is 17.7 Å². The molecule has 1 aromatic carbocycles. The number of nitrogens with zero attached hydrogens (tertiary/aromatic N) is 2. The van der Waals surface area contributed by atoms with Crippen LogP contribution in [0.4, 0.5) is 5.82 Å². The van der Waals surface area contributed by atoms with E-state index in [9.17, 15) is 0 Å². The summed E-state index contributed by atoms with van der Waals surface area (Å²) >= 11 is 3.47. The number of methoxy groups -OCH3 is 1. The third-order valence-electron chi connectivity index (χ3n) is 3.52. The lowest BCUT2D eigenvalue weighted by atomic mass is 10.0. The molecule has 0 saturated heterocycles. The van der Waals surface area contributed by atoms with Gasteiger partial charge < -0.3 is 10.5 Å². The lowest BCUT2D eigenvalue weighted by molar-refractivity contribution is -0.00879. The van der Waals surface area contributed by atoms with E-state index in [0.29, 0.717) is 16.1 Å². The quantitative estimate of drug-likeness (QED) is 0.923. The molecule has 4 nitrogen and oxygen atoms in total. The van der Waals surface area contributed by atoms with Gasteiger partial charge in [-0.25, -0.2) is 9.97 Å². The molecule has 0 spiro atoms. The van der Waals surface area contributed by atoms with Crippen molar-refractivity contribution < 1.29 is 4.74 Å². The van der Waals surface area contributed by atoms with Crippen molar-refractivity contribution in [1.29, 1.82) is 0 Å². The second-order valence-electron chi connectivity index (χ2n) is 4.75. The number of halogens is 1. The van der Waals surface area contributed by atoms with Crippen LogP contribution in [0.25, 0.3) is 11.3 Å². The average molecular weight is 336 g/mol. The van der Waals surface area contributed by atoms with E-state index in [4.69, 9.17) is 10.5 Å². The number of aromatic nitrogens is 2. The molecule has 106 valence electrons. The first-order chi connectivity index (χ1) is 9.51. The van der Waals surface area contributed by atoms with Gasteiger partial charge in [0.15, 0.2) is 5.82 Å². The zero-order valence-corrected chi connectivity index (χ0v) is 13.4. The number of anilines is 1. The van der Waals surface area contributed by atoms with Crippen LogP contribution in [-0.4, -0.2) is 17.1 Å². The molecule has 0 amide bonds. The molecule has 2 rings (SSSR count). The summed E-state index contributed by atoms with van der Waals surface area (Å²) in [5, 5.41) is 0. The number of ether oxygens (including phenoxy) is 1. The minimum absolute atomic E-state index is 0.422. The van der Waals surface area contributed by atoms with Crippen molar-refractivity contribution in [3.8, 4) is 11.3 Å². The second-order valence-corrected chi connectivity index (χ2v) is 5.54. The molecule has 1 unspecified atom stereocenters. The summed E-state index contributed by atoms with van der Waals surface area (Å²) in [7, 11) is 1.66. The van der Waals surface area contributed by atoms with Gasteiger partial charge in [0.1, 0.15) is 11.4 Å². The number of benzene rings is 1. The summed E-state index contributed by atoms with van der Waals surface area (Å²) in [6.07, 6.45) is 0.763. The predicted molar refractivity (Wildman–Crippen MR) is 84.2 cm³/mol. The molecule has 0 fully saturated rings. The molecule has 0 bridgehead atoms. The smallest absolute Gasteiger partial charge is 0.162 e. The van der Waals surface area contributed by atoms with E-state index in [2.05, 4.69) is 25.9 Å². The van der Waals surface area contributed by atoms with Crippen molar-refractivity contribution in [3.63, 3.8) is 0 Å². The van der Waals surface area contributed by atoms with Crippen LogP contribution in [0.2, 0.25) is 0 Å². The second kappa shape index (κ2) is 5.89. The molecule has 2 aromatic rings. The van der Waals surface area contributed by atoms with Crippen molar-refractivity contribution in [3.05, 3.63) is 40.6 Å². The number of rotatable bonds is 4. The Morgan fingerprint density at radius 2 is 1.90 bits per heavy atom. The molecule has 1 atom stereocenters. The van der Waals surface area contributed by atoms with Crippen molar-refractivity contribution in [2.24, 2.45) is 0 Å². The molecular weight excluding hydrogens is 318 g/mol. The Kier molecular flexibility index (Phi) is 4.40. The highest BCUT2D eigenvalue weighted by Crippen LogP contribution is 2.34. The third kappa shape index (κ3) is 2.69. The van der Waals surface area contributed by atoms with Gasteiger partial charge in [-0.05, 0) is 29.3 Å². The summed E-state index contributed by atoms with van der Waals surface area (Å²) in [6.45, 7) is 4.00. The highest BCUT2D eigenvalue weighted by atomic mass is 79.9. The van der Waals surface area contributed by atoms with Gasteiger partial charge in [-0.2, -0.15) is 0 Å². The predicted octanol–water partition coefficient (Wildman–Crippen LogP) is 3.76. The van der Waals surface area contributed by atoms with E-state index in [1.807, 2.05) is 44.2 Å². The Labute approximate surface area is 127 Å². The van der Waals surface area contributed by atoms with Crippen molar-refractivity contribution in [2.45, 2.75) is 25.9 Å². The minimum Gasteiger partial charge on any atom is -0.383 e. The van der Waals surface area contributed by atoms with Gasteiger partial charge in [0.05, 0.1) is 10.2 Å². The van der Waals surface area contributed by atoms with Gasteiger partial charge in [0, 0.05) is 12.7 Å². The summed E-state index contributed by atoms with van der Waals surface area (Å²) in [5.74, 6) is 1.02. The lowest BCUT2D eigenvalue weighted by Gasteiger charge is -2.25. The number of nitrogens with two attached hydrogens (primary N) is 1. The standard InChI is InChI=1S/C15H18BrN3O/c1-4-15(2,20-3)14-18-12(11(16)13(17)19-14)10-8-6-5-7-9-10/h5-9H,4H2,1-3H3,(H2,17,18,19). The van der Waals surface area contributed by atoms with E-state index >= 15 is 0 Å². The molecule has 0 aliphatic carbocycles. The van der Waals surface area contributed by atoms with Crippen LogP contribution in [0, 0.1) is 0 Å². The maximum atomic E-state index is 6.01. The zero-order chi connectivity index (χ0) is 14.8. The molecule has 2 N–H and O–H groups in total. The van der Waals surface area contributed by atoms with Crippen LogP contribution >= 0.6 is 15.9 Å². The van der Waals surface area contributed by atoms with Gasteiger partial charge in [0.2, 0.25) is 0 Å². The van der Waals surface area contributed by atoms with Gasteiger partial charge in [-0.15, -0.1) is 0 Å². The lowest BCUT2D eigenvalue weighted by Crippen LogP contribution is -2.27. The summed E-state index contributed by atoms with van der Waals surface area (Å²) in [6, 6.07) is 9.89. The zero-order valence-electron chi connectivity index (χ0n) is 11.9. The van der Waals surface area contributed by atoms with Gasteiger partial charge in [-0.3, -0.25) is 0 Å². The Balaban J connectivity index is 2.62. The van der Waals surface area contributed by atoms with E-state index in [-0.39, 0.29) is 0 Å². The van der Waals surface area contributed by atoms with Crippen molar-refractivity contribution >= 4 is 21.7 Å². The van der Waals surface area contributed by atoms with Crippen LogP contribution in [0.15, 0.2) is 34.8 Å². The fourth-order valence-electron chi connectivity index (χ4n) is 1.88. The van der Waals surface area contributed by atoms with Crippen LogP contribution in [0.1, 0.15) is 26.1 Å². The summed E-state index contributed by atoms with van der Waals surface area (Å²) in [5.41, 5.74) is 7.24. The van der Waals surface area contributed by atoms with E-state index in [1.54, 1.807) is 7.11 Å². The fourth-order valence-corrected chi connectivity index (χ4v) is 2.29. The molecule has 5 heteroatoms. The maximum Gasteiger partial charge on any atom is 0.162 e. The topological polar surface area (TPSA) is 61.0 Å². The molecule has 0 saturated carbocycles. The molecule has 0 radical (unpaired) electrons. The summed E-state index contributed by atoms with van der Waals surface area (Å²) < 4.78 is 6.27. The molecule has 1 heterocycles. The Morgan fingerprint density at radius 3 is 2.45 bits per heavy atom. The highest BCUT2D eigenvalue weighted by molar-refractivity contribution is 9.10. The molecule has 20 heavy (non-hydrogen) atoms. The van der Waals surface area contributed by atoms with Crippen LogP contribution < -0.4 is 5.73 Å². The van der Waals surface area contributed by atoms with Crippen LogP contribution in [0.3, 0.4) is 0 Å². The molecule has 0 aliphatic rings. The molecule has 1 aromatic heterocycles. The Morgan fingerprint density at radius 1 is 1.25 bits per heavy atom. The van der Waals surface area contributed by atoms with Gasteiger partial charge >= 0.3 is 0 Å². The first-order valence-electron chi connectivity index (χ1n) is 6.46. The normalized spacial score (nSPS) is 14.0. The van der Waals surface area contributed by atoms with Crippen LogP contribution in [0.5, 0.6) is 0 Å². The third-order valence-corrected chi connectivity index (χ3v) is 4.30. The monoisotopic (exact) mass is 335 g/mol. The first kappa shape index (κ1) is 14.9. The molecular formula is C15H18BrN3O. The summed E-state index contributed by atoms with van der Waals surface area (Å²) in [4.78, 5) is 9.02. The van der Waals surface area contributed by atoms with E-state index in [1.165, 1.54) is 0 Å². The van der Waals surface area contributed by atoms with Crippen molar-refractivity contribution in [1.82, 2.24) is 9.97 Å². The number of hydrogen-bond donors (Lipinski definition) is 1. The van der Waals surface area contributed by atoms with E-state index < -0.39 is 5.60 Å². The molecule has 0 aliphatic heterocycles. The number of nitrogen functional groups attached to an aromatic ring is 1. The Bertz CT molecular complexity index is 598. The minimum atomic E-state index is -0.543. The Hall–Kier alpha value is -1.46. The van der Waals surface area contributed by atoms with Gasteiger partial charge in [-0.1, -0.05) is 37.3 Å². The maximum absolute atomic E-state index is 6.01. The first-order valence-corrected chi connectivity index (χ1v) is 7.25. The van der Waals surface area contributed by atoms with Crippen LogP contribution in [-0.2, 0) is 10.3 Å². The fraction of sp³-hybridized carbons (Fsp3) is 0.333.